The number of nitro groups is 1. The van der Waals surface area contributed by atoms with Gasteiger partial charge >= 0.3 is 5.69 Å². The van der Waals surface area contributed by atoms with E-state index in [-0.39, 0.29) is 23.4 Å². The third kappa shape index (κ3) is 3.15. The van der Waals surface area contributed by atoms with E-state index >= 15 is 0 Å². The molecule has 1 heterocycles. The zero-order valence-corrected chi connectivity index (χ0v) is 12.4. The van der Waals surface area contributed by atoms with E-state index in [2.05, 4.69) is 6.92 Å². The highest BCUT2D eigenvalue weighted by atomic mass is 16.6. The van der Waals surface area contributed by atoms with Crippen LogP contribution in [0.1, 0.15) is 43.0 Å². The van der Waals surface area contributed by atoms with Crippen LogP contribution in [0.4, 0.5) is 5.69 Å². The molecular weight excluding hydrogens is 272 g/mol. The lowest BCUT2D eigenvalue weighted by Crippen LogP contribution is -2.43. The fraction of sp³-hybridized carbons (Fsp3) is 0.533. The molecule has 6 heteroatoms. The summed E-state index contributed by atoms with van der Waals surface area (Å²) >= 11 is 0. The highest BCUT2D eigenvalue weighted by molar-refractivity contribution is 5.95. The average Bonchev–Trinajstić information content (AvgIpc) is 2.53. The second-order valence-corrected chi connectivity index (χ2v) is 5.20. The van der Waals surface area contributed by atoms with E-state index in [9.17, 15) is 14.9 Å². The van der Waals surface area contributed by atoms with Crippen molar-refractivity contribution in [1.29, 1.82) is 0 Å². The number of carbonyl (C=O) groups excluding carboxylic acids is 1. The number of rotatable bonds is 4. The lowest BCUT2D eigenvalue weighted by atomic mass is 9.98. The number of hydrogen-bond acceptors (Lipinski definition) is 4. The van der Waals surface area contributed by atoms with E-state index in [0.717, 1.165) is 32.2 Å². The first-order chi connectivity index (χ1) is 10.1. The summed E-state index contributed by atoms with van der Waals surface area (Å²) in [6.07, 6.45) is 4.02. The Balaban J connectivity index is 2.30. The summed E-state index contributed by atoms with van der Waals surface area (Å²) in [5, 5.41) is 11.1. The monoisotopic (exact) mass is 292 g/mol. The zero-order valence-electron chi connectivity index (χ0n) is 12.4. The van der Waals surface area contributed by atoms with Crippen molar-refractivity contribution >= 4 is 11.6 Å². The van der Waals surface area contributed by atoms with Crippen LogP contribution in [0.15, 0.2) is 18.2 Å². The fourth-order valence-electron chi connectivity index (χ4n) is 2.82. The largest absolute Gasteiger partial charge is 0.490 e. The second-order valence-electron chi connectivity index (χ2n) is 5.20. The molecular formula is C15H20N2O4. The van der Waals surface area contributed by atoms with Crippen LogP contribution in [-0.4, -0.2) is 35.4 Å². The van der Waals surface area contributed by atoms with Crippen molar-refractivity contribution in [1.82, 2.24) is 4.90 Å². The second kappa shape index (κ2) is 6.56. The van der Waals surface area contributed by atoms with Crippen molar-refractivity contribution < 1.29 is 14.5 Å². The van der Waals surface area contributed by atoms with Crippen molar-refractivity contribution in [3.05, 3.63) is 33.9 Å². The number of ether oxygens (including phenoxy) is 1. The summed E-state index contributed by atoms with van der Waals surface area (Å²) < 4.78 is 4.96. The van der Waals surface area contributed by atoms with Crippen LogP contribution in [0, 0.1) is 10.1 Å². The number of piperidine rings is 1. The molecule has 6 nitrogen and oxygen atoms in total. The predicted octanol–water partition coefficient (Wildman–Crippen LogP) is 3.01. The summed E-state index contributed by atoms with van der Waals surface area (Å²) in [6, 6.07) is 4.61. The molecule has 0 radical (unpaired) electrons. The molecule has 0 spiro atoms. The summed E-state index contributed by atoms with van der Waals surface area (Å²) in [6.45, 7) is 2.78. The van der Waals surface area contributed by atoms with E-state index in [1.165, 1.54) is 19.2 Å². The average molecular weight is 292 g/mol. The molecule has 21 heavy (non-hydrogen) atoms. The molecule has 0 aromatic heterocycles. The van der Waals surface area contributed by atoms with Crippen LogP contribution >= 0.6 is 0 Å². The Kier molecular flexibility index (Phi) is 4.77. The molecule has 1 amide bonds. The van der Waals surface area contributed by atoms with Gasteiger partial charge in [-0.1, -0.05) is 6.92 Å². The normalized spacial score (nSPS) is 18.4. The van der Waals surface area contributed by atoms with E-state index in [1.54, 1.807) is 6.07 Å². The molecule has 1 aromatic carbocycles. The Morgan fingerprint density at radius 3 is 2.86 bits per heavy atom. The predicted molar refractivity (Wildman–Crippen MR) is 78.6 cm³/mol. The van der Waals surface area contributed by atoms with Gasteiger partial charge in [0.1, 0.15) is 0 Å². The number of likely N-dealkylation sites (tertiary alicyclic amines) is 1. The maximum absolute atomic E-state index is 12.6. The SMILES string of the molecule is CCC1CCCCN1C(=O)c1ccc(OC)c([N+](=O)[O-])c1. The van der Waals surface area contributed by atoms with E-state index in [0.29, 0.717) is 5.56 Å². The molecule has 1 atom stereocenters. The quantitative estimate of drug-likeness (QED) is 0.631. The van der Waals surface area contributed by atoms with Crippen LogP contribution in [-0.2, 0) is 0 Å². The number of amides is 1. The number of carbonyl (C=O) groups is 1. The zero-order chi connectivity index (χ0) is 15.4. The van der Waals surface area contributed by atoms with Crippen molar-refractivity contribution in [2.45, 2.75) is 38.6 Å². The van der Waals surface area contributed by atoms with Gasteiger partial charge in [-0.25, -0.2) is 0 Å². The van der Waals surface area contributed by atoms with Gasteiger partial charge in [-0.05, 0) is 37.8 Å². The van der Waals surface area contributed by atoms with Gasteiger partial charge in [0, 0.05) is 24.2 Å². The lowest BCUT2D eigenvalue weighted by molar-refractivity contribution is -0.385. The minimum absolute atomic E-state index is 0.132. The van der Waals surface area contributed by atoms with Gasteiger partial charge in [-0.2, -0.15) is 0 Å². The highest BCUT2D eigenvalue weighted by Crippen LogP contribution is 2.29. The van der Waals surface area contributed by atoms with Gasteiger partial charge < -0.3 is 9.64 Å². The Morgan fingerprint density at radius 1 is 1.48 bits per heavy atom. The molecule has 1 aliphatic heterocycles. The molecule has 2 rings (SSSR count). The standard InChI is InChI=1S/C15H20N2O4/c1-3-12-6-4-5-9-16(12)15(18)11-7-8-14(21-2)13(10-11)17(19)20/h7-8,10,12H,3-6,9H2,1-2H3. The first-order valence-corrected chi connectivity index (χ1v) is 7.21. The summed E-state index contributed by atoms with van der Waals surface area (Å²) in [5.41, 5.74) is 0.177. The van der Waals surface area contributed by atoms with Crippen LogP contribution in [0.5, 0.6) is 5.75 Å². The van der Waals surface area contributed by atoms with Gasteiger partial charge in [-0.3, -0.25) is 14.9 Å². The Bertz CT molecular complexity index is 544. The van der Waals surface area contributed by atoms with Crippen LogP contribution in [0.3, 0.4) is 0 Å². The smallest absolute Gasteiger partial charge is 0.311 e. The third-order valence-electron chi connectivity index (χ3n) is 3.98. The number of methoxy groups -OCH3 is 1. The molecule has 114 valence electrons. The topological polar surface area (TPSA) is 72.7 Å². The van der Waals surface area contributed by atoms with E-state index in [4.69, 9.17) is 4.74 Å². The molecule has 1 saturated heterocycles. The first-order valence-electron chi connectivity index (χ1n) is 7.21. The Morgan fingerprint density at radius 2 is 2.24 bits per heavy atom. The first kappa shape index (κ1) is 15.3. The highest BCUT2D eigenvalue weighted by Gasteiger charge is 2.27. The molecule has 0 saturated carbocycles. The molecule has 1 aromatic rings. The summed E-state index contributed by atoms with van der Waals surface area (Å²) in [7, 11) is 1.38. The van der Waals surface area contributed by atoms with Crippen LogP contribution < -0.4 is 4.74 Å². The Hall–Kier alpha value is -2.11. The maximum Gasteiger partial charge on any atom is 0.311 e. The molecule has 1 fully saturated rings. The minimum Gasteiger partial charge on any atom is -0.490 e. The third-order valence-corrected chi connectivity index (χ3v) is 3.98. The van der Waals surface area contributed by atoms with Gasteiger partial charge in [0.05, 0.1) is 12.0 Å². The molecule has 1 unspecified atom stereocenters. The van der Waals surface area contributed by atoms with E-state index < -0.39 is 4.92 Å². The van der Waals surface area contributed by atoms with Gasteiger partial charge in [0.25, 0.3) is 5.91 Å². The van der Waals surface area contributed by atoms with Crippen molar-refractivity contribution in [2.75, 3.05) is 13.7 Å². The van der Waals surface area contributed by atoms with E-state index in [1.807, 2.05) is 4.90 Å². The number of hydrogen-bond donors (Lipinski definition) is 0. The van der Waals surface area contributed by atoms with Gasteiger partial charge in [0.15, 0.2) is 5.75 Å². The number of nitro benzene ring substituents is 1. The lowest BCUT2D eigenvalue weighted by Gasteiger charge is -2.35. The van der Waals surface area contributed by atoms with Crippen LogP contribution in [0.2, 0.25) is 0 Å². The number of nitrogens with zero attached hydrogens (tertiary/aromatic N) is 2. The van der Waals surface area contributed by atoms with Gasteiger partial charge in [0.2, 0.25) is 0 Å². The summed E-state index contributed by atoms with van der Waals surface area (Å²) in [5.74, 6) is 0.0366. The van der Waals surface area contributed by atoms with Crippen molar-refractivity contribution in [2.24, 2.45) is 0 Å². The molecule has 0 bridgehead atoms. The Labute approximate surface area is 123 Å². The molecule has 0 N–H and O–H groups in total. The summed E-state index contributed by atoms with van der Waals surface area (Å²) in [4.78, 5) is 25.0. The van der Waals surface area contributed by atoms with Crippen molar-refractivity contribution in [3.8, 4) is 5.75 Å². The molecule has 0 aliphatic carbocycles. The molecule has 1 aliphatic rings. The minimum atomic E-state index is -0.525. The van der Waals surface area contributed by atoms with Crippen molar-refractivity contribution in [3.63, 3.8) is 0 Å². The van der Waals surface area contributed by atoms with Gasteiger partial charge in [-0.15, -0.1) is 0 Å². The number of benzene rings is 1. The van der Waals surface area contributed by atoms with Crippen LogP contribution in [0.25, 0.3) is 0 Å². The maximum atomic E-state index is 12.6. The fourth-order valence-corrected chi connectivity index (χ4v) is 2.82.